The minimum absolute atomic E-state index is 0.0670. The number of likely N-dealkylation sites (N-methyl/N-ethyl adjacent to an activating group) is 1. The average molecular weight is 526 g/mol. The average Bonchev–Trinajstić information content (AvgIpc) is 3.19. The summed E-state index contributed by atoms with van der Waals surface area (Å²) in [6.45, 7) is 17.9. The predicted molar refractivity (Wildman–Crippen MR) is 161 cm³/mol. The quantitative estimate of drug-likeness (QED) is 0.244. The van der Waals surface area contributed by atoms with E-state index in [2.05, 4.69) is 92.0 Å². The first-order valence-corrected chi connectivity index (χ1v) is 15.3. The van der Waals surface area contributed by atoms with Gasteiger partial charge >= 0.3 is 6.09 Å². The Morgan fingerprint density at radius 2 is 1.84 bits per heavy atom. The van der Waals surface area contributed by atoms with E-state index in [1.807, 2.05) is 0 Å². The van der Waals surface area contributed by atoms with Gasteiger partial charge in [0.1, 0.15) is 6.10 Å². The molecule has 0 aliphatic heterocycles. The summed E-state index contributed by atoms with van der Waals surface area (Å²) in [5.74, 6) is 3.42. The smallest absolute Gasteiger partial charge is 0.407 e. The summed E-state index contributed by atoms with van der Waals surface area (Å²) >= 11 is 0. The van der Waals surface area contributed by atoms with Crippen molar-refractivity contribution in [1.29, 1.82) is 0 Å². The first kappa shape index (κ1) is 30.7. The molecule has 38 heavy (non-hydrogen) atoms. The van der Waals surface area contributed by atoms with Gasteiger partial charge in [0.15, 0.2) is 0 Å². The number of carbonyl (C=O) groups excluding carboxylic acids is 1. The van der Waals surface area contributed by atoms with Crippen LogP contribution in [-0.4, -0.2) is 50.9 Å². The second-order valence-electron chi connectivity index (χ2n) is 14.2. The van der Waals surface area contributed by atoms with Gasteiger partial charge in [-0.2, -0.15) is 0 Å². The number of quaternary nitrogens is 1. The van der Waals surface area contributed by atoms with Gasteiger partial charge in [0.25, 0.3) is 0 Å². The standard InChI is InChI=1S/C34H56N2O2/c1-24(2)25(3)12-13-27(5)31-18-19-32-28(11-10-20-34(31,32)6)15-16-29-23-30(17-14-26(29)4)38-33(37)35-21-22-36(7,8)9/h12-13,15-16,24-25,27,30-32H,4,10-11,14,17-23H2,1-3,5-9H3/p+1/b13-12+,28-15+,29-16+/t25-,27+,30-,31+,32-,34+/m0/s1. The molecule has 3 aliphatic carbocycles. The lowest BCUT2D eigenvalue weighted by atomic mass is 9.61. The largest absolute Gasteiger partial charge is 0.446 e. The lowest BCUT2D eigenvalue weighted by molar-refractivity contribution is -0.869. The van der Waals surface area contributed by atoms with Crippen molar-refractivity contribution in [1.82, 2.24) is 5.32 Å². The Hall–Kier alpha value is -1.81. The molecule has 0 aromatic carbocycles. The molecule has 0 bridgehead atoms. The van der Waals surface area contributed by atoms with Gasteiger partial charge in [0.2, 0.25) is 0 Å². The van der Waals surface area contributed by atoms with E-state index in [1.54, 1.807) is 5.57 Å². The minimum Gasteiger partial charge on any atom is -0.446 e. The Kier molecular flexibility index (Phi) is 10.5. The Bertz CT molecular complexity index is 921. The van der Waals surface area contributed by atoms with E-state index in [4.69, 9.17) is 4.74 Å². The number of carbonyl (C=O) groups is 1. The lowest BCUT2D eigenvalue weighted by Gasteiger charge is -2.44. The fourth-order valence-corrected chi connectivity index (χ4v) is 7.02. The van der Waals surface area contributed by atoms with Crippen LogP contribution in [0.1, 0.15) is 86.0 Å². The lowest BCUT2D eigenvalue weighted by Crippen LogP contribution is -2.42. The van der Waals surface area contributed by atoms with E-state index in [0.717, 1.165) is 36.2 Å². The fourth-order valence-electron chi connectivity index (χ4n) is 7.02. The Balaban J connectivity index is 1.64. The number of nitrogens with one attached hydrogen (secondary N) is 1. The topological polar surface area (TPSA) is 38.3 Å². The first-order valence-electron chi connectivity index (χ1n) is 15.3. The molecule has 3 fully saturated rings. The predicted octanol–water partition coefficient (Wildman–Crippen LogP) is 8.08. The summed E-state index contributed by atoms with van der Waals surface area (Å²) in [7, 11) is 6.37. The van der Waals surface area contributed by atoms with Crippen molar-refractivity contribution >= 4 is 6.09 Å². The van der Waals surface area contributed by atoms with Crippen molar-refractivity contribution < 1.29 is 14.0 Å². The van der Waals surface area contributed by atoms with Crippen LogP contribution in [-0.2, 0) is 4.74 Å². The molecule has 3 rings (SSSR count). The molecule has 0 spiro atoms. The maximum absolute atomic E-state index is 12.4. The summed E-state index contributed by atoms with van der Waals surface area (Å²) in [6.07, 6.45) is 18.4. The van der Waals surface area contributed by atoms with Crippen LogP contribution >= 0.6 is 0 Å². The Morgan fingerprint density at radius 3 is 2.53 bits per heavy atom. The van der Waals surface area contributed by atoms with E-state index in [0.29, 0.717) is 35.6 Å². The third-order valence-corrected chi connectivity index (χ3v) is 9.94. The number of hydrogen-bond acceptors (Lipinski definition) is 2. The molecule has 3 saturated carbocycles. The Morgan fingerprint density at radius 1 is 1.11 bits per heavy atom. The summed E-state index contributed by atoms with van der Waals surface area (Å²) in [5, 5.41) is 2.92. The molecule has 0 aromatic rings. The van der Waals surface area contributed by atoms with Crippen molar-refractivity contribution in [2.45, 2.75) is 92.1 Å². The molecule has 0 heterocycles. The number of amides is 1. The molecule has 4 heteroatoms. The number of fused-ring (bicyclic) bond motifs is 1. The molecule has 1 N–H and O–H groups in total. The van der Waals surface area contributed by atoms with E-state index < -0.39 is 0 Å². The molecular formula is C34H57N2O2+. The van der Waals surface area contributed by atoms with E-state index in [1.165, 1.54) is 43.3 Å². The van der Waals surface area contributed by atoms with Crippen LogP contribution in [0.2, 0.25) is 0 Å². The summed E-state index contributed by atoms with van der Waals surface area (Å²) in [4.78, 5) is 12.4. The number of alkyl carbamates (subject to hydrolysis) is 1. The van der Waals surface area contributed by atoms with Crippen molar-refractivity contribution in [2.75, 3.05) is 34.2 Å². The minimum atomic E-state index is -0.292. The van der Waals surface area contributed by atoms with Gasteiger partial charge in [-0.25, -0.2) is 4.79 Å². The first-order chi connectivity index (χ1) is 17.8. The highest BCUT2D eigenvalue weighted by molar-refractivity contribution is 5.67. The number of hydrogen-bond donors (Lipinski definition) is 1. The molecule has 0 aromatic heterocycles. The highest BCUT2D eigenvalue weighted by atomic mass is 16.6. The molecule has 0 saturated heterocycles. The third-order valence-electron chi connectivity index (χ3n) is 9.94. The molecule has 0 unspecified atom stereocenters. The molecule has 4 nitrogen and oxygen atoms in total. The SMILES string of the molecule is C=C1CC[C@H](OC(=O)NCC[N+](C)(C)C)C/C1=C\C=C1/CCC[C@]2(C)[C@@H]([C@H](C)/C=C/[C@H](C)C(C)C)CC[C@@H]12. The van der Waals surface area contributed by atoms with Gasteiger partial charge in [-0.05, 0) is 85.5 Å². The highest BCUT2D eigenvalue weighted by Gasteiger charge is 2.50. The fraction of sp³-hybridized carbons (Fsp3) is 0.735. The van der Waals surface area contributed by atoms with E-state index in [9.17, 15) is 4.79 Å². The van der Waals surface area contributed by atoms with Crippen molar-refractivity contribution in [3.8, 4) is 0 Å². The second kappa shape index (κ2) is 13.0. The van der Waals surface area contributed by atoms with Gasteiger partial charge in [0.05, 0.1) is 34.2 Å². The third kappa shape index (κ3) is 8.10. The Labute approximate surface area is 234 Å². The van der Waals surface area contributed by atoms with Crippen LogP contribution in [0.4, 0.5) is 4.79 Å². The van der Waals surface area contributed by atoms with Gasteiger partial charge in [0, 0.05) is 6.42 Å². The van der Waals surface area contributed by atoms with Gasteiger partial charge < -0.3 is 14.5 Å². The van der Waals surface area contributed by atoms with Crippen LogP contribution in [0.5, 0.6) is 0 Å². The maximum Gasteiger partial charge on any atom is 0.407 e. The van der Waals surface area contributed by atoms with E-state index >= 15 is 0 Å². The number of rotatable bonds is 9. The number of allylic oxidation sites excluding steroid dienone is 6. The number of ether oxygens (including phenoxy) is 1. The highest BCUT2D eigenvalue weighted by Crippen LogP contribution is 2.59. The van der Waals surface area contributed by atoms with Crippen LogP contribution < -0.4 is 5.32 Å². The molecular weight excluding hydrogens is 468 g/mol. The molecule has 1 amide bonds. The zero-order chi connectivity index (χ0) is 28.1. The van der Waals surface area contributed by atoms with Crippen LogP contribution in [0.25, 0.3) is 0 Å². The number of nitrogens with zero attached hydrogens (tertiary/aromatic N) is 1. The van der Waals surface area contributed by atoms with Crippen LogP contribution in [0, 0.1) is 35.0 Å². The summed E-state index contributed by atoms with van der Waals surface area (Å²) in [6, 6.07) is 0. The summed E-state index contributed by atoms with van der Waals surface area (Å²) < 4.78 is 6.61. The van der Waals surface area contributed by atoms with Crippen molar-refractivity contribution in [2.24, 2.45) is 35.0 Å². The van der Waals surface area contributed by atoms with Crippen LogP contribution in [0.3, 0.4) is 0 Å². The van der Waals surface area contributed by atoms with Crippen LogP contribution in [0.15, 0.2) is 47.6 Å². The zero-order valence-electron chi connectivity index (χ0n) is 25.8. The van der Waals surface area contributed by atoms with Gasteiger partial charge in [-0.15, -0.1) is 0 Å². The van der Waals surface area contributed by atoms with Gasteiger partial charge in [-0.1, -0.05) is 76.6 Å². The molecule has 0 radical (unpaired) electrons. The van der Waals surface area contributed by atoms with E-state index in [-0.39, 0.29) is 12.2 Å². The van der Waals surface area contributed by atoms with Crippen molar-refractivity contribution in [3.05, 3.63) is 47.6 Å². The normalized spacial score (nSPS) is 32.1. The molecule has 3 aliphatic rings. The zero-order valence-corrected chi connectivity index (χ0v) is 25.8. The molecule has 6 atom stereocenters. The monoisotopic (exact) mass is 525 g/mol. The summed E-state index contributed by atoms with van der Waals surface area (Å²) in [5.41, 5.74) is 4.49. The van der Waals surface area contributed by atoms with Crippen molar-refractivity contribution in [3.63, 3.8) is 0 Å². The molecule has 214 valence electrons. The second-order valence-corrected chi connectivity index (χ2v) is 14.2. The van der Waals surface area contributed by atoms with Gasteiger partial charge in [-0.3, -0.25) is 0 Å². The maximum atomic E-state index is 12.4.